The number of aromatic nitrogens is 3. The van der Waals surface area contributed by atoms with Gasteiger partial charge in [0.1, 0.15) is 6.33 Å². The number of amides is 1. The summed E-state index contributed by atoms with van der Waals surface area (Å²) in [4.78, 5) is 13.0. The lowest BCUT2D eigenvalue weighted by Crippen LogP contribution is -2.27. The topological polar surface area (TPSA) is 59.8 Å². The second kappa shape index (κ2) is 9.20. The first-order valence-corrected chi connectivity index (χ1v) is 9.58. The van der Waals surface area contributed by atoms with Crippen LogP contribution < -0.4 is 5.32 Å². The van der Waals surface area contributed by atoms with Crippen LogP contribution in [0.15, 0.2) is 40.6 Å². The summed E-state index contributed by atoms with van der Waals surface area (Å²) in [7, 11) is 0. The van der Waals surface area contributed by atoms with Crippen LogP contribution in [0.2, 0.25) is 5.02 Å². The van der Waals surface area contributed by atoms with Crippen molar-refractivity contribution in [1.29, 1.82) is 0 Å². The summed E-state index contributed by atoms with van der Waals surface area (Å²) in [5, 5.41) is 12.3. The van der Waals surface area contributed by atoms with Gasteiger partial charge >= 0.3 is 0 Å². The predicted octanol–water partition coefficient (Wildman–Crippen LogP) is 3.51. The van der Waals surface area contributed by atoms with Crippen molar-refractivity contribution in [3.63, 3.8) is 0 Å². The molecule has 0 spiro atoms. The minimum Gasteiger partial charge on any atom is -0.355 e. The standard InChI is InChI=1S/C15H19ClN4OS2/c1-11(2)20-10-18-19-15(20)23-9-14(21)17-7-8-22-13-5-3-12(16)4-6-13/h3-6,10-11H,7-9H2,1-2H3,(H,17,21). The molecule has 0 bridgehead atoms. The molecule has 0 saturated carbocycles. The zero-order chi connectivity index (χ0) is 16.7. The van der Waals surface area contributed by atoms with Gasteiger partial charge in [0.2, 0.25) is 5.91 Å². The minimum atomic E-state index is 0.00464. The van der Waals surface area contributed by atoms with Crippen LogP contribution in [0.5, 0.6) is 0 Å². The van der Waals surface area contributed by atoms with Crippen molar-refractivity contribution in [1.82, 2.24) is 20.1 Å². The number of carbonyl (C=O) groups is 1. The molecule has 1 aromatic heterocycles. The number of rotatable bonds is 8. The zero-order valence-corrected chi connectivity index (χ0v) is 15.4. The van der Waals surface area contributed by atoms with E-state index in [0.717, 1.165) is 20.8 Å². The van der Waals surface area contributed by atoms with Crippen molar-refractivity contribution in [2.45, 2.75) is 29.9 Å². The fourth-order valence-electron chi connectivity index (χ4n) is 1.76. The second-order valence-electron chi connectivity index (χ2n) is 5.06. The van der Waals surface area contributed by atoms with Gasteiger partial charge in [0, 0.05) is 28.3 Å². The second-order valence-corrected chi connectivity index (χ2v) is 7.60. The maximum atomic E-state index is 11.9. The Morgan fingerprint density at radius 1 is 1.30 bits per heavy atom. The van der Waals surface area contributed by atoms with Crippen molar-refractivity contribution in [3.05, 3.63) is 35.6 Å². The van der Waals surface area contributed by atoms with Crippen molar-refractivity contribution in [2.24, 2.45) is 0 Å². The Morgan fingerprint density at radius 2 is 2.04 bits per heavy atom. The molecule has 124 valence electrons. The molecule has 0 saturated heterocycles. The lowest BCUT2D eigenvalue weighted by atomic mass is 10.4. The SMILES string of the molecule is CC(C)n1cnnc1SCC(=O)NCCSc1ccc(Cl)cc1. The van der Waals surface area contributed by atoms with E-state index in [1.165, 1.54) is 11.8 Å². The normalized spacial score (nSPS) is 11.0. The molecule has 1 aromatic carbocycles. The third-order valence-corrected chi connectivity index (χ3v) is 5.16. The van der Waals surface area contributed by atoms with Crippen LogP contribution >= 0.6 is 35.1 Å². The van der Waals surface area contributed by atoms with Crippen LogP contribution in [0.4, 0.5) is 0 Å². The zero-order valence-electron chi connectivity index (χ0n) is 13.0. The first kappa shape index (κ1) is 18.2. The van der Waals surface area contributed by atoms with E-state index >= 15 is 0 Å². The Labute approximate surface area is 149 Å². The molecule has 1 N–H and O–H groups in total. The Balaban J connectivity index is 1.65. The monoisotopic (exact) mass is 370 g/mol. The molecule has 1 heterocycles. The number of benzene rings is 1. The molecule has 8 heteroatoms. The van der Waals surface area contributed by atoms with E-state index in [1.807, 2.05) is 28.8 Å². The third kappa shape index (κ3) is 6.08. The lowest BCUT2D eigenvalue weighted by Gasteiger charge is -2.09. The number of nitrogens with one attached hydrogen (secondary N) is 1. The molecule has 0 aliphatic heterocycles. The van der Waals surface area contributed by atoms with Crippen LogP contribution in [0.1, 0.15) is 19.9 Å². The predicted molar refractivity (Wildman–Crippen MR) is 96.3 cm³/mol. The van der Waals surface area contributed by atoms with Gasteiger partial charge in [-0.3, -0.25) is 4.79 Å². The molecule has 0 atom stereocenters. The van der Waals surface area contributed by atoms with Crippen LogP contribution in [0.25, 0.3) is 0 Å². The molecule has 5 nitrogen and oxygen atoms in total. The summed E-state index contributed by atoms with van der Waals surface area (Å²) in [5.41, 5.74) is 0. The average molecular weight is 371 g/mol. The van der Waals surface area contributed by atoms with Crippen molar-refractivity contribution >= 4 is 41.0 Å². The number of hydrogen-bond donors (Lipinski definition) is 1. The Morgan fingerprint density at radius 3 is 2.74 bits per heavy atom. The van der Waals surface area contributed by atoms with Gasteiger partial charge in [0.15, 0.2) is 5.16 Å². The highest BCUT2D eigenvalue weighted by atomic mass is 35.5. The van der Waals surface area contributed by atoms with E-state index in [4.69, 9.17) is 11.6 Å². The summed E-state index contributed by atoms with van der Waals surface area (Å²) in [6.45, 7) is 4.74. The van der Waals surface area contributed by atoms with Crippen LogP contribution in [-0.4, -0.2) is 38.7 Å². The molecule has 0 unspecified atom stereocenters. The number of thioether (sulfide) groups is 2. The molecule has 0 fully saturated rings. The molecule has 23 heavy (non-hydrogen) atoms. The Bertz CT molecular complexity index is 631. The molecule has 2 rings (SSSR count). The molecular weight excluding hydrogens is 352 g/mol. The van der Waals surface area contributed by atoms with E-state index < -0.39 is 0 Å². The summed E-state index contributed by atoms with van der Waals surface area (Å²) in [6, 6.07) is 7.96. The van der Waals surface area contributed by atoms with Crippen LogP contribution in [0.3, 0.4) is 0 Å². The first-order chi connectivity index (χ1) is 11.1. The summed E-state index contributed by atoms with van der Waals surface area (Å²) < 4.78 is 1.95. The van der Waals surface area contributed by atoms with Crippen molar-refractivity contribution in [3.8, 4) is 0 Å². The largest absolute Gasteiger partial charge is 0.355 e. The number of hydrogen-bond acceptors (Lipinski definition) is 5. The van der Waals surface area contributed by atoms with Gasteiger partial charge in [-0.2, -0.15) is 0 Å². The molecular formula is C15H19ClN4OS2. The molecule has 2 aromatic rings. The van der Waals surface area contributed by atoms with Gasteiger partial charge in [-0.1, -0.05) is 23.4 Å². The lowest BCUT2D eigenvalue weighted by molar-refractivity contribution is -0.118. The van der Waals surface area contributed by atoms with Gasteiger partial charge in [0.25, 0.3) is 0 Å². The first-order valence-electron chi connectivity index (χ1n) is 7.23. The maximum absolute atomic E-state index is 11.9. The molecule has 0 aliphatic rings. The highest BCUT2D eigenvalue weighted by Crippen LogP contribution is 2.20. The summed E-state index contributed by atoms with van der Waals surface area (Å²) in [6.07, 6.45) is 1.69. The average Bonchev–Trinajstić information content (AvgIpc) is 3.00. The molecule has 1 amide bonds. The van der Waals surface area contributed by atoms with Gasteiger partial charge in [-0.15, -0.1) is 22.0 Å². The smallest absolute Gasteiger partial charge is 0.230 e. The fourth-order valence-corrected chi connectivity index (χ4v) is 3.53. The molecule has 0 radical (unpaired) electrons. The van der Waals surface area contributed by atoms with E-state index in [9.17, 15) is 4.79 Å². The van der Waals surface area contributed by atoms with Gasteiger partial charge in [0.05, 0.1) is 5.75 Å². The Kier molecular flexibility index (Phi) is 7.26. The van der Waals surface area contributed by atoms with E-state index in [-0.39, 0.29) is 11.9 Å². The summed E-state index contributed by atoms with van der Waals surface area (Å²) in [5.74, 6) is 1.17. The van der Waals surface area contributed by atoms with Gasteiger partial charge < -0.3 is 9.88 Å². The highest BCUT2D eigenvalue weighted by molar-refractivity contribution is 7.99. The number of halogens is 1. The highest BCUT2D eigenvalue weighted by Gasteiger charge is 2.10. The van der Waals surface area contributed by atoms with E-state index in [2.05, 4.69) is 29.4 Å². The summed E-state index contributed by atoms with van der Waals surface area (Å²) >= 11 is 8.93. The number of carbonyl (C=O) groups excluding carboxylic acids is 1. The minimum absolute atomic E-state index is 0.00464. The van der Waals surface area contributed by atoms with E-state index in [0.29, 0.717) is 12.3 Å². The number of nitrogens with zero attached hydrogens (tertiary/aromatic N) is 3. The third-order valence-electron chi connectivity index (χ3n) is 2.94. The van der Waals surface area contributed by atoms with Crippen LogP contribution in [-0.2, 0) is 4.79 Å². The van der Waals surface area contributed by atoms with Crippen molar-refractivity contribution < 1.29 is 4.79 Å². The van der Waals surface area contributed by atoms with Crippen molar-refractivity contribution in [2.75, 3.05) is 18.1 Å². The Hall–Kier alpha value is -1.18. The van der Waals surface area contributed by atoms with Gasteiger partial charge in [-0.05, 0) is 38.1 Å². The van der Waals surface area contributed by atoms with Gasteiger partial charge in [-0.25, -0.2) is 0 Å². The van der Waals surface area contributed by atoms with Crippen LogP contribution in [0, 0.1) is 0 Å². The maximum Gasteiger partial charge on any atom is 0.230 e. The quantitative estimate of drug-likeness (QED) is 0.569. The fraction of sp³-hybridized carbons (Fsp3) is 0.400. The van der Waals surface area contributed by atoms with E-state index in [1.54, 1.807) is 18.1 Å². The molecule has 0 aliphatic carbocycles.